The zero-order valence-corrected chi connectivity index (χ0v) is 8.29. The SMILES string of the molecule is C=C/C=C/CC1(C(C)=O)CCOC1=O. The van der Waals surface area contributed by atoms with Crippen LogP contribution in [0.5, 0.6) is 0 Å². The van der Waals surface area contributed by atoms with Gasteiger partial charge < -0.3 is 4.74 Å². The number of hydrogen-bond donors (Lipinski definition) is 0. The maximum Gasteiger partial charge on any atom is 0.320 e. The Morgan fingerprint density at radius 1 is 1.71 bits per heavy atom. The molecule has 1 unspecified atom stereocenters. The van der Waals surface area contributed by atoms with Crippen LogP contribution in [-0.4, -0.2) is 18.4 Å². The third-order valence-corrected chi connectivity index (χ3v) is 2.57. The van der Waals surface area contributed by atoms with E-state index in [2.05, 4.69) is 6.58 Å². The second-order valence-corrected chi connectivity index (χ2v) is 3.39. The van der Waals surface area contributed by atoms with Gasteiger partial charge in [0, 0.05) is 6.42 Å². The maximum atomic E-state index is 11.4. The van der Waals surface area contributed by atoms with Crippen LogP contribution in [0.25, 0.3) is 0 Å². The summed E-state index contributed by atoms with van der Waals surface area (Å²) in [4.78, 5) is 22.8. The van der Waals surface area contributed by atoms with Gasteiger partial charge in [-0.2, -0.15) is 0 Å². The summed E-state index contributed by atoms with van der Waals surface area (Å²) >= 11 is 0. The lowest BCUT2D eigenvalue weighted by atomic mass is 9.79. The van der Waals surface area contributed by atoms with Crippen molar-refractivity contribution < 1.29 is 14.3 Å². The number of ether oxygens (including phenoxy) is 1. The smallest absolute Gasteiger partial charge is 0.320 e. The van der Waals surface area contributed by atoms with Crippen LogP contribution in [0, 0.1) is 5.41 Å². The molecule has 0 aromatic rings. The molecule has 0 bridgehead atoms. The Balaban J connectivity index is 2.82. The molecule has 1 aliphatic rings. The molecule has 0 aromatic carbocycles. The van der Waals surface area contributed by atoms with Crippen LogP contribution in [0.15, 0.2) is 24.8 Å². The fourth-order valence-electron chi connectivity index (χ4n) is 1.57. The molecule has 0 N–H and O–H groups in total. The highest BCUT2D eigenvalue weighted by atomic mass is 16.5. The van der Waals surface area contributed by atoms with Crippen molar-refractivity contribution in [3.63, 3.8) is 0 Å². The number of ketones is 1. The van der Waals surface area contributed by atoms with Crippen molar-refractivity contribution in [1.29, 1.82) is 0 Å². The number of Topliss-reactive ketones (excluding diaryl/α,β-unsaturated/α-hetero) is 1. The zero-order chi connectivity index (χ0) is 10.6. The van der Waals surface area contributed by atoms with E-state index < -0.39 is 11.4 Å². The van der Waals surface area contributed by atoms with Gasteiger partial charge in [-0.25, -0.2) is 0 Å². The number of cyclic esters (lactones) is 1. The average molecular weight is 194 g/mol. The number of carbonyl (C=O) groups is 2. The Hall–Kier alpha value is -1.38. The Morgan fingerprint density at radius 3 is 2.86 bits per heavy atom. The quantitative estimate of drug-likeness (QED) is 0.388. The van der Waals surface area contributed by atoms with E-state index in [0.717, 1.165) is 0 Å². The van der Waals surface area contributed by atoms with Gasteiger partial charge in [-0.1, -0.05) is 24.8 Å². The first-order valence-corrected chi connectivity index (χ1v) is 4.59. The van der Waals surface area contributed by atoms with Gasteiger partial charge in [0.05, 0.1) is 6.61 Å². The van der Waals surface area contributed by atoms with Gasteiger partial charge in [0.1, 0.15) is 11.2 Å². The van der Waals surface area contributed by atoms with Crippen molar-refractivity contribution in [2.45, 2.75) is 19.8 Å². The van der Waals surface area contributed by atoms with Crippen molar-refractivity contribution >= 4 is 11.8 Å². The average Bonchev–Trinajstić information content (AvgIpc) is 2.49. The molecular weight excluding hydrogens is 180 g/mol. The fourth-order valence-corrected chi connectivity index (χ4v) is 1.57. The number of allylic oxidation sites excluding steroid dienone is 3. The molecule has 3 nitrogen and oxygen atoms in total. The van der Waals surface area contributed by atoms with E-state index in [9.17, 15) is 9.59 Å². The zero-order valence-electron chi connectivity index (χ0n) is 8.29. The minimum atomic E-state index is -0.931. The molecule has 0 radical (unpaired) electrons. The molecule has 0 saturated carbocycles. The van der Waals surface area contributed by atoms with Gasteiger partial charge in [0.25, 0.3) is 0 Å². The summed E-state index contributed by atoms with van der Waals surface area (Å²) in [6.07, 6.45) is 6.03. The van der Waals surface area contributed by atoms with E-state index in [4.69, 9.17) is 4.74 Å². The minimum absolute atomic E-state index is 0.117. The Bertz CT molecular complexity index is 291. The van der Waals surface area contributed by atoms with Gasteiger partial charge in [0.15, 0.2) is 0 Å². The van der Waals surface area contributed by atoms with Crippen molar-refractivity contribution in [1.82, 2.24) is 0 Å². The van der Waals surface area contributed by atoms with Crippen molar-refractivity contribution in [2.75, 3.05) is 6.61 Å². The standard InChI is InChI=1S/C11H14O3/c1-3-4-5-6-11(9(2)12)7-8-14-10(11)13/h3-5H,1,6-8H2,2H3/b5-4+. The summed E-state index contributed by atoms with van der Waals surface area (Å²) in [5.41, 5.74) is -0.931. The second-order valence-electron chi connectivity index (χ2n) is 3.39. The lowest BCUT2D eigenvalue weighted by Gasteiger charge is -2.18. The van der Waals surface area contributed by atoms with Crippen molar-refractivity contribution in [2.24, 2.45) is 5.41 Å². The van der Waals surface area contributed by atoms with Gasteiger partial charge in [0.2, 0.25) is 0 Å². The monoisotopic (exact) mass is 194 g/mol. The molecule has 3 heteroatoms. The molecule has 1 aliphatic heterocycles. The molecular formula is C11H14O3. The topological polar surface area (TPSA) is 43.4 Å². The molecule has 0 spiro atoms. The van der Waals surface area contributed by atoms with Crippen LogP contribution in [0.3, 0.4) is 0 Å². The predicted octanol–water partition coefficient (Wildman–Crippen LogP) is 1.64. The van der Waals surface area contributed by atoms with E-state index >= 15 is 0 Å². The Labute approximate surface area is 83.4 Å². The van der Waals surface area contributed by atoms with Gasteiger partial charge >= 0.3 is 5.97 Å². The van der Waals surface area contributed by atoms with E-state index in [1.165, 1.54) is 6.92 Å². The first-order valence-electron chi connectivity index (χ1n) is 4.59. The first kappa shape index (κ1) is 10.7. The van der Waals surface area contributed by atoms with Crippen LogP contribution >= 0.6 is 0 Å². The molecule has 0 aromatic heterocycles. The summed E-state index contributed by atoms with van der Waals surface area (Å²) in [6.45, 7) is 5.31. The number of hydrogen-bond acceptors (Lipinski definition) is 3. The molecule has 1 heterocycles. The lowest BCUT2D eigenvalue weighted by molar-refractivity contribution is -0.150. The third kappa shape index (κ3) is 1.76. The summed E-state index contributed by atoms with van der Waals surface area (Å²) in [5.74, 6) is -0.507. The minimum Gasteiger partial charge on any atom is -0.465 e. The number of esters is 1. The number of rotatable bonds is 4. The van der Waals surface area contributed by atoms with E-state index in [0.29, 0.717) is 19.4 Å². The van der Waals surface area contributed by atoms with Gasteiger partial charge in [-0.3, -0.25) is 9.59 Å². The van der Waals surface area contributed by atoms with Crippen LogP contribution in [0.1, 0.15) is 19.8 Å². The molecule has 1 saturated heterocycles. The lowest BCUT2D eigenvalue weighted by Crippen LogP contribution is -2.33. The van der Waals surface area contributed by atoms with Crippen LogP contribution in [0.2, 0.25) is 0 Å². The van der Waals surface area contributed by atoms with Crippen LogP contribution in [-0.2, 0) is 14.3 Å². The highest BCUT2D eigenvalue weighted by molar-refractivity contribution is 6.03. The van der Waals surface area contributed by atoms with Crippen LogP contribution < -0.4 is 0 Å². The van der Waals surface area contributed by atoms with Gasteiger partial charge in [-0.15, -0.1) is 0 Å². The fraction of sp³-hybridized carbons (Fsp3) is 0.455. The summed E-state index contributed by atoms with van der Waals surface area (Å²) in [7, 11) is 0. The first-order chi connectivity index (χ1) is 6.63. The summed E-state index contributed by atoms with van der Waals surface area (Å²) in [6, 6.07) is 0. The highest BCUT2D eigenvalue weighted by Gasteiger charge is 2.47. The Kier molecular flexibility index (Phi) is 3.23. The number of carbonyl (C=O) groups excluding carboxylic acids is 2. The van der Waals surface area contributed by atoms with E-state index in [-0.39, 0.29) is 5.78 Å². The molecule has 1 fully saturated rings. The largest absolute Gasteiger partial charge is 0.465 e. The van der Waals surface area contributed by atoms with E-state index in [1.54, 1.807) is 18.2 Å². The Morgan fingerprint density at radius 2 is 2.43 bits per heavy atom. The van der Waals surface area contributed by atoms with Gasteiger partial charge in [-0.05, 0) is 13.3 Å². The summed E-state index contributed by atoms with van der Waals surface area (Å²) in [5, 5.41) is 0. The molecule has 1 rings (SSSR count). The third-order valence-electron chi connectivity index (χ3n) is 2.57. The van der Waals surface area contributed by atoms with Crippen molar-refractivity contribution in [3.05, 3.63) is 24.8 Å². The normalized spacial score (nSPS) is 26.5. The van der Waals surface area contributed by atoms with Crippen molar-refractivity contribution in [3.8, 4) is 0 Å². The maximum absolute atomic E-state index is 11.4. The summed E-state index contributed by atoms with van der Waals surface area (Å²) < 4.78 is 4.84. The predicted molar refractivity (Wildman–Crippen MR) is 52.6 cm³/mol. The molecule has 1 atom stereocenters. The van der Waals surface area contributed by atoms with Crippen LogP contribution in [0.4, 0.5) is 0 Å². The molecule has 76 valence electrons. The molecule has 0 amide bonds. The highest BCUT2D eigenvalue weighted by Crippen LogP contribution is 2.35. The second kappa shape index (κ2) is 4.22. The van der Waals surface area contributed by atoms with E-state index in [1.807, 2.05) is 0 Å². The molecule has 14 heavy (non-hydrogen) atoms. The molecule has 0 aliphatic carbocycles.